The maximum atomic E-state index is 6.08. The highest BCUT2D eigenvalue weighted by molar-refractivity contribution is 5.83. The Balaban J connectivity index is 1.42. The Bertz CT molecular complexity index is 854. The molecule has 6 heteroatoms. The Morgan fingerprint density at radius 2 is 2.36 bits per heavy atom. The summed E-state index contributed by atoms with van der Waals surface area (Å²) >= 11 is 0. The van der Waals surface area contributed by atoms with E-state index in [2.05, 4.69) is 34.8 Å². The maximum Gasteiger partial charge on any atom is 0.176 e. The predicted octanol–water partition coefficient (Wildman–Crippen LogP) is 3.42. The van der Waals surface area contributed by atoms with Crippen molar-refractivity contribution in [3.63, 3.8) is 0 Å². The van der Waals surface area contributed by atoms with Crippen LogP contribution in [0.4, 0.5) is 5.82 Å². The third kappa shape index (κ3) is 3.22. The highest BCUT2D eigenvalue weighted by Gasteiger charge is 2.20. The van der Waals surface area contributed by atoms with Crippen LogP contribution in [0.25, 0.3) is 11.0 Å². The summed E-state index contributed by atoms with van der Waals surface area (Å²) in [4.78, 5) is 0. The quantitative estimate of drug-likeness (QED) is 0.720. The van der Waals surface area contributed by atoms with Gasteiger partial charge in [0.15, 0.2) is 11.3 Å². The van der Waals surface area contributed by atoms with E-state index in [0.29, 0.717) is 12.5 Å². The summed E-state index contributed by atoms with van der Waals surface area (Å²) in [5.41, 5.74) is 0.827. The molecule has 0 radical (unpaired) electrons. The summed E-state index contributed by atoms with van der Waals surface area (Å²) in [6, 6.07) is 10.3. The predicted molar refractivity (Wildman–Crippen MR) is 98.0 cm³/mol. The molecule has 0 saturated carbocycles. The average Bonchev–Trinajstić information content (AvgIpc) is 3.26. The number of hydrogen-bond donors (Lipinski definition) is 2. The van der Waals surface area contributed by atoms with E-state index < -0.39 is 0 Å². The highest BCUT2D eigenvalue weighted by Crippen LogP contribution is 2.31. The monoisotopic (exact) mass is 340 g/mol. The van der Waals surface area contributed by atoms with Gasteiger partial charge >= 0.3 is 0 Å². The molecule has 3 heterocycles. The number of hydrogen-bond acceptors (Lipinski definition) is 5. The number of para-hydroxylation sites is 1. The minimum atomic E-state index is 0.140. The van der Waals surface area contributed by atoms with Crippen molar-refractivity contribution in [2.45, 2.75) is 26.4 Å². The molecule has 4 rings (SSSR count). The number of nitrogens with one attached hydrogen (secondary N) is 2. The van der Waals surface area contributed by atoms with Gasteiger partial charge in [0, 0.05) is 37.0 Å². The molecule has 6 nitrogen and oxygen atoms in total. The molecule has 2 N–H and O–H groups in total. The molecule has 0 aliphatic carbocycles. The van der Waals surface area contributed by atoms with Crippen molar-refractivity contribution in [2.24, 2.45) is 5.92 Å². The van der Waals surface area contributed by atoms with E-state index in [0.717, 1.165) is 47.9 Å². The van der Waals surface area contributed by atoms with Gasteiger partial charge in [0.1, 0.15) is 11.6 Å². The lowest BCUT2D eigenvalue weighted by Crippen LogP contribution is -2.36. The Morgan fingerprint density at radius 3 is 3.24 bits per heavy atom. The minimum Gasteiger partial charge on any atom is -0.490 e. The van der Waals surface area contributed by atoms with Crippen LogP contribution in [-0.4, -0.2) is 29.5 Å². The van der Waals surface area contributed by atoms with Crippen LogP contribution in [0, 0.1) is 5.92 Å². The Kier molecular flexibility index (Phi) is 4.36. The molecular formula is C19H24N4O2. The molecule has 0 saturated heterocycles. The van der Waals surface area contributed by atoms with Crippen LogP contribution >= 0.6 is 0 Å². The first-order valence-corrected chi connectivity index (χ1v) is 8.89. The van der Waals surface area contributed by atoms with Gasteiger partial charge in [-0.2, -0.15) is 5.10 Å². The van der Waals surface area contributed by atoms with E-state index in [1.165, 1.54) is 0 Å². The molecule has 3 aromatic rings. The molecule has 0 spiro atoms. The SMILES string of the molecule is CCOc1cccc2cc([C@H](C)NC[C@@H]3CNc4ccnn4C3)oc12. The summed E-state index contributed by atoms with van der Waals surface area (Å²) in [5, 5.41) is 12.4. The van der Waals surface area contributed by atoms with Gasteiger partial charge in [0.25, 0.3) is 0 Å². The molecule has 1 aromatic carbocycles. The second-order valence-electron chi connectivity index (χ2n) is 6.53. The van der Waals surface area contributed by atoms with Gasteiger partial charge in [-0.3, -0.25) is 0 Å². The normalized spacial score (nSPS) is 17.9. The summed E-state index contributed by atoms with van der Waals surface area (Å²) in [7, 11) is 0. The van der Waals surface area contributed by atoms with Crippen molar-refractivity contribution in [1.29, 1.82) is 0 Å². The number of benzene rings is 1. The van der Waals surface area contributed by atoms with Crippen LogP contribution in [-0.2, 0) is 6.54 Å². The van der Waals surface area contributed by atoms with Crippen molar-refractivity contribution >= 4 is 16.8 Å². The van der Waals surface area contributed by atoms with E-state index in [4.69, 9.17) is 9.15 Å². The molecule has 1 aliphatic heterocycles. The molecule has 0 unspecified atom stereocenters. The highest BCUT2D eigenvalue weighted by atomic mass is 16.5. The van der Waals surface area contributed by atoms with Crippen molar-refractivity contribution in [3.05, 3.63) is 42.3 Å². The zero-order chi connectivity index (χ0) is 17.2. The summed E-state index contributed by atoms with van der Waals surface area (Å²) in [5.74, 6) is 3.34. The zero-order valence-electron chi connectivity index (χ0n) is 14.7. The summed E-state index contributed by atoms with van der Waals surface area (Å²) in [6.07, 6.45) is 1.84. The lowest BCUT2D eigenvalue weighted by Gasteiger charge is -2.26. The van der Waals surface area contributed by atoms with E-state index in [1.54, 1.807) is 0 Å². The summed E-state index contributed by atoms with van der Waals surface area (Å²) < 4.78 is 13.8. The van der Waals surface area contributed by atoms with E-state index >= 15 is 0 Å². The van der Waals surface area contributed by atoms with Crippen LogP contribution in [0.15, 0.2) is 40.9 Å². The zero-order valence-corrected chi connectivity index (χ0v) is 14.7. The average molecular weight is 340 g/mol. The van der Waals surface area contributed by atoms with Gasteiger partial charge in [-0.25, -0.2) is 4.68 Å². The van der Waals surface area contributed by atoms with E-state index in [1.807, 2.05) is 36.0 Å². The molecular weight excluding hydrogens is 316 g/mol. The largest absolute Gasteiger partial charge is 0.490 e. The maximum absolute atomic E-state index is 6.08. The fourth-order valence-electron chi connectivity index (χ4n) is 3.31. The Labute approximate surface area is 147 Å². The molecule has 132 valence electrons. The minimum absolute atomic E-state index is 0.140. The topological polar surface area (TPSA) is 64.2 Å². The number of ether oxygens (including phenoxy) is 1. The van der Waals surface area contributed by atoms with Crippen LogP contribution < -0.4 is 15.4 Å². The molecule has 2 aromatic heterocycles. The van der Waals surface area contributed by atoms with Gasteiger partial charge in [0.2, 0.25) is 0 Å². The first-order chi connectivity index (χ1) is 12.2. The second kappa shape index (κ2) is 6.80. The van der Waals surface area contributed by atoms with Crippen LogP contribution in [0.1, 0.15) is 25.6 Å². The van der Waals surface area contributed by atoms with Gasteiger partial charge < -0.3 is 19.8 Å². The second-order valence-corrected chi connectivity index (χ2v) is 6.53. The molecule has 0 fully saturated rings. The number of rotatable bonds is 6. The number of fused-ring (bicyclic) bond motifs is 2. The lowest BCUT2D eigenvalue weighted by atomic mass is 10.1. The van der Waals surface area contributed by atoms with Crippen LogP contribution in [0.2, 0.25) is 0 Å². The number of furan rings is 1. The first kappa shape index (κ1) is 16.0. The third-order valence-electron chi connectivity index (χ3n) is 4.69. The smallest absolute Gasteiger partial charge is 0.176 e. The molecule has 0 bridgehead atoms. The van der Waals surface area contributed by atoms with Gasteiger partial charge in [-0.1, -0.05) is 12.1 Å². The van der Waals surface area contributed by atoms with Gasteiger partial charge in [0.05, 0.1) is 18.8 Å². The van der Waals surface area contributed by atoms with E-state index in [9.17, 15) is 0 Å². The van der Waals surface area contributed by atoms with E-state index in [-0.39, 0.29) is 6.04 Å². The van der Waals surface area contributed by atoms with Crippen molar-refractivity contribution in [1.82, 2.24) is 15.1 Å². The Hall–Kier alpha value is -2.47. The number of nitrogens with zero attached hydrogens (tertiary/aromatic N) is 2. The fraction of sp³-hybridized carbons (Fsp3) is 0.421. The molecule has 1 aliphatic rings. The van der Waals surface area contributed by atoms with Crippen molar-refractivity contribution in [2.75, 3.05) is 25.0 Å². The van der Waals surface area contributed by atoms with Crippen LogP contribution in [0.5, 0.6) is 5.75 Å². The Morgan fingerprint density at radius 1 is 1.44 bits per heavy atom. The third-order valence-corrected chi connectivity index (χ3v) is 4.69. The van der Waals surface area contributed by atoms with Crippen molar-refractivity contribution < 1.29 is 9.15 Å². The molecule has 25 heavy (non-hydrogen) atoms. The summed E-state index contributed by atoms with van der Waals surface area (Å²) in [6.45, 7) is 7.54. The number of anilines is 1. The molecule has 2 atom stereocenters. The first-order valence-electron chi connectivity index (χ1n) is 8.89. The van der Waals surface area contributed by atoms with Gasteiger partial charge in [-0.05, 0) is 26.0 Å². The molecule has 0 amide bonds. The fourth-order valence-corrected chi connectivity index (χ4v) is 3.31. The van der Waals surface area contributed by atoms with Crippen molar-refractivity contribution in [3.8, 4) is 5.75 Å². The standard InChI is InChI=1S/C19H24N4O2/c1-3-24-16-6-4-5-15-9-17(25-19(15)16)13(2)20-10-14-11-21-18-7-8-22-23(18)12-14/h4-9,13-14,20-21H,3,10-12H2,1-2H3/t13-,14+/m0/s1. The van der Waals surface area contributed by atoms with Crippen LogP contribution in [0.3, 0.4) is 0 Å². The number of aromatic nitrogens is 2. The van der Waals surface area contributed by atoms with Gasteiger partial charge in [-0.15, -0.1) is 0 Å². The lowest BCUT2D eigenvalue weighted by molar-refractivity contribution is 0.333.